The summed E-state index contributed by atoms with van der Waals surface area (Å²) >= 11 is 0. The molecule has 20 heavy (non-hydrogen) atoms. The van der Waals surface area contributed by atoms with Crippen molar-refractivity contribution in [3.05, 3.63) is 23.8 Å². The molecule has 0 saturated heterocycles. The molecule has 2 atom stereocenters. The van der Waals surface area contributed by atoms with Crippen molar-refractivity contribution in [2.75, 3.05) is 20.3 Å². The number of aliphatic hydroxyl groups is 1. The van der Waals surface area contributed by atoms with Gasteiger partial charge < -0.3 is 19.9 Å². The van der Waals surface area contributed by atoms with Gasteiger partial charge in [-0.25, -0.2) is 0 Å². The van der Waals surface area contributed by atoms with Gasteiger partial charge in [-0.2, -0.15) is 0 Å². The summed E-state index contributed by atoms with van der Waals surface area (Å²) in [7, 11) is 1.65. The van der Waals surface area contributed by atoms with Gasteiger partial charge in [-0.1, -0.05) is 6.07 Å². The number of aliphatic hydroxyl groups excluding tert-OH is 1. The van der Waals surface area contributed by atoms with E-state index in [0.717, 1.165) is 43.9 Å². The smallest absolute Gasteiger partial charge is 0.161 e. The van der Waals surface area contributed by atoms with E-state index in [-0.39, 0.29) is 6.10 Å². The zero-order valence-electron chi connectivity index (χ0n) is 12.4. The number of hydrogen-bond acceptors (Lipinski definition) is 4. The predicted octanol–water partition coefficient (Wildman–Crippen LogP) is 2.34. The molecule has 1 aliphatic rings. The van der Waals surface area contributed by atoms with Crippen molar-refractivity contribution >= 4 is 0 Å². The fourth-order valence-corrected chi connectivity index (χ4v) is 2.75. The molecular weight excluding hydrogens is 254 g/mol. The lowest BCUT2D eigenvalue weighted by Gasteiger charge is -2.13. The summed E-state index contributed by atoms with van der Waals surface area (Å²) in [5.41, 5.74) is 1.19. The minimum Gasteiger partial charge on any atom is -0.493 e. The highest BCUT2D eigenvalue weighted by atomic mass is 16.5. The molecule has 1 aromatic carbocycles. The maximum Gasteiger partial charge on any atom is 0.161 e. The Bertz CT molecular complexity index is 422. The number of benzene rings is 1. The zero-order valence-corrected chi connectivity index (χ0v) is 12.4. The third-order valence-electron chi connectivity index (χ3n) is 3.80. The van der Waals surface area contributed by atoms with Gasteiger partial charge in [-0.15, -0.1) is 0 Å². The molecule has 0 radical (unpaired) electrons. The van der Waals surface area contributed by atoms with Crippen molar-refractivity contribution in [1.29, 1.82) is 0 Å². The van der Waals surface area contributed by atoms with E-state index in [0.29, 0.717) is 12.5 Å². The normalized spacial score (nSPS) is 21.9. The highest BCUT2D eigenvalue weighted by Crippen LogP contribution is 2.28. The van der Waals surface area contributed by atoms with Gasteiger partial charge in [0.25, 0.3) is 0 Å². The van der Waals surface area contributed by atoms with Crippen LogP contribution in [0.1, 0.15) is 31.7 Å². The fraction of sp³-hybridized carbons (Fsp3) is 0.625. The van der Waals surface area contributed by atoms with Gasteiger partial charge in [0.2, 0.25) is 0 Å². The summed E-state index contributed by atoms with van der Waals surface area (Å²) in [6.07, 6.45) is 2.91. The number of hydrogen-bond donors (Lipinski definition) is 2. The summed E-state index contributed by atoms with van der Waals surface area (Å²) in [5.74, 6) is 2.18. The van der Waals surface area contributed by atoms with Gasteiger partial charge >= 0.3 is 0 Å². The first-order valence-corrected chi connectivity index (χ1v) is 7.41. The minimum atomic E-state index is -0.0904. The molecule has 112 valence electrons. The Morgan fingerprint density at radius 1 is 1.30 bits per heavy atom. The number of nitrogens with one attached hydrogen (secondary N) is 1. The molecule has 4 nitrogen and oxygen atoms in total. The Balaban J connectivity index is 1.84. The number of ether oxygens (including phenoxy) is 2. The second kappa shape index (κ2) is 7.50. The van der Waals surface area contributed by atoms with Gasteiger partial charge in [0.15, 0.2) is 11.5 Å². The lowest BCUT2D eigenvalue weighted by Crippen LogP contribution is -2.21. The van der Waals surface area contributed by atoms with Crippen molar-refractivity contribution in [3.63, 3.8) is 0 Å². The highest BCUT2D eigenvalue weighted by molar-refractivity contribution is 5.42. The minimum absolute atomic E-state index is 0.0904. The molecule has 4 heteroatoms. The molecule has 0 aliphatic heterocycles. The van der Waals surface area contributed by atoms with E-state index in [1.807, 2.05) is 19.1 Å². The van der Waals surface area contributed by atoms with Crippen LogP contribution in [0.3, 0.4) is 0 Å². The van der Waals surface area contributed by atoms with Gasteiger partial charge in [0.05, 0.1) is 19.8 Å². The number of rotatable bonds is 7. The third-order valence-corrected chi connectivity index (χ3v) is 3.80. The Hall–Kier alpha value is -1.26. The van der Waals surface area contributed by atoms with E-state index in [4.69, 9.17) is 9.47 Å². The monoisotopic (exact) mass is 279 g/mol. The van der Waals surface area contributed by atoms with Crippen LogP contribution in [-0.4, -0.2) is 31.5 Å². The van der Waals surface area contributed by atoms with E-state index in [1.54, 1.807) is 7.11 Å². The van der Waals surface area contributed by atoms with Crippen LogP contribution in [-0.2, 0) is 6.54 Å². The molecule has 0 amide bonds. The maximum absolute atomic E-state index is 9.51. The highest BCUT2D eigenvalue weighted by Gasteiger charge is 2.22. The van der Waals surface area contributed by atoms with Crippen LogP contribution in [0.4, 0.5) is 0 Å². The van der Waals surface area contributed by atoms with Crippen LogP contribution >= 0.6 is 0 Å². The van der Waals surface area contributed by atoms with Crippen LogP contribution in [0.2, 0.25) is 0 Å². The largest absolute Gasteiger partial charge is 0.493 e. The van der Waals surface area contributed by atoms with Crippen LogP contribution in [0, 0.1) is 5.92 Å². The topological polar surface area (TPSA) is 50.7 Å². The van der Waals surface area contributed by atoms with Crippen molar-refractivity contribution in [2.45, 2.75) is 38.8 Å². The Morgan fingerprint density at radius 2 is 2.15 bits per heavy atom. The average Bonchev–Trinajstić information content (AvgIpc) is 2.85. The van der Waals surface area contributed by atoms with E-state index in [2.05, 4.69) is 11.4 Å². The molecule has 2 rings (SSSR count). The lowest BCUT2D eigenvalue weighted by atomic mass is 10.1. The molecule has 0 aromatic heterocycles. The molecule has 1 aromatic rings. The molecular formula is C16H25NO3. The Morgan fingerprint density at radius 3 is 2.80 bits per heavy atom. The predicted molar refractivity (Wildman–Crippen MR) is 79.2 cm³/mol. The Labute approximate surface area is 121 Å². The molecule has 0 bridgehead atoms. The fourth-order valence-electron chi connectivity index (χ4n) is 2.75. The summed E-state index contributed by atoms with van der Waals surface area (Å²) in [5, 5.41) is 13.0. The van der Waals surface area contributed by atoms with Crippen molar-refractivity contribution in [2.24, 2.45) is 5.92 Å². The van der Waals surface area contributed by atoms with Gasteiger partial charge in [0, 0.05) is 6.54 Å². The van der Waals surface area contributed by atoms with E-state index in [1.165, 1.54) is 5.56 Å². The Kier molecular flexibility index (Phi) is 5.68. The van der Waals surface area contributed by atoms with Crippen LogP contribution in [0.15, 0.2) is 18.2 Å². The molecule has 2 N–H and O–H groups in total. The summed E-state index contributed by atoms with van der Waals surface area (Å²) in [6, 6.07) is 6.03. The molecule has 1 fully saturated rings. The summed E-state index contributed by atoms with van der Waals surface area (Å²) in [6.45, 7) is 4.38. The molecule has 2 unspecified atom stereocenters. The first kappa shape index (κ1) is 15.1. The van der Waals surface area contributed by atoms with Crippen LogP contribution in [0.5, 0.6) is 11.5 Å². The maximum atomic E-state index is 9.51. The van der Waals surface area contributed by atoms with E-state index < -0.39 is 0 Å². The van der Waals surface area contributed by atoms with E-state index in [9.17, 15) is 5.11 Å². The average molecular weight is 279 g/mol. The molecule has 1 saturated carbocycles. The van der Waals surface area contributed by atoms with Crippen LogP contribution < -0.4 is 14.8 Å². The van der Waals surface area contributed by atoms with Crippen molar-refractivity contribution < 1.29 is 14.6 Å². The summed E-state index contributed by atoms with van der Waals surface area (Å²) < 4.78 is 10.9. The van der Waals surface area contributed by atoms with Gasteiger partial charge in [-0.3, -0.25) is 0 Å². The van der Waals surface area contributed by atoms with Crippen molar-refractivity contribution in [1.82, 2.24) is 5.32 Å². The molecule has 0 heterocycles. The lowest BCUT2D eigenvalue weighted by molar-refractivity contribution is 0.177. The SMILES string of the molecule is CCOc1cc(CNCC2CCC(O)C2)ccc1OC. The third kappa shape index (κ3) is 4.12. The van der Waals surface area contributed by atoms with Crippen molar-refractivity contribution in [3.8, 4) is 11.5 Å². The second-order valence-corrected chi connectivity index (χ2v) is 5.38. The summed E-state index contributed by atoms with van der Waals surface area (Å²) in [4.78, 5) is 0. The molecule has 1 aliphatic carbocycles. The number of methoxy groups -OCH3 is 1. The van der Waals surface area contributed by atoms with Crippen LogP contribution in [0.25, 0.3) is 0 Å². The zero-order chi connectivity index (χ0) is 14.4. The first-order valence-electron chi connectivity index (χ1n) is 7.41. The van der Waals surface area contributed by atoms with E-state index >= 15 is 0 Å². The molecule has 0 spiro atoms. The van der Waals surface area contributed by atoms with Gasteiger partial charge in [0.1, 0.15) is 0 Å². The first-order chi connectivity index (χ1) is 9.72. The van der Waals surface area contributed by atoms with Gasteiger partial charge in [-0.05, 0) is 56.3 Å². The quantitative estimate of drug-likeness (QED) is 0.804. The second-order valence-electron chi connectivity index (χ2n) is 5.38. The standard InChI is InChI=1S/C16H25NO3/c1-3-20-16-9-13(5-7-15(16)19-2)11-17-10-12-4-6-14(18)8-12/h5,7,9,12,14,17-18H,3-4,6,8,10-11H2,1-2H3.